The van der Waals surface area contributed by atoms with Crippen molar-refractivity contribution in [2.45, 2.75) is 32.9 Å². The predicted octanol–water partition coefficient (Wildman–Crippen LogP) is 4.61. The number of anilines is 1. The molecular weight excluding hydrogens is 408 g/mol. The zero-order chi connectivity index (χ0) is 22.4. The average Bonchev–Trinajstić information content (AvgIpc) is 3.21. The van der Waals surface area contributed by atoms with E-state index < -0.39 is 0 Å². The minimum absolute atomic E-state index is 0.184. The fourth-order valence-electron chi connectivity index (χ4n) is 3.06. The third-order valence-electron chi connectivity index (χ3n) is 4.68. The Labute approximate surface area is 187 Å². The highest BCUT2D eigenvalue weighted by atomic mass is 32.2. The Morgan fingerprint density at radius 2 is 1.90 bits per heavy atom. The van der Waals surface area contributed by atoms with Crippen molar-refractivity contribution >= 4 is 29.3 Å². The molecule has 0 saturated heterocycles. The number of nitrogens with one attached hydrogen (secondary N) is 2. The van der Waals surface area contributed by atoms with Gasteiger partial charge in [-0.05, 0) is 49.1 Å². The number of imidazole rings is 1. The van der Waals surface area contributed by atoms with Crippen LogP contribution >= 0.6 is 11.8 Å². The smallest absolute Gasteiger partial charge is 0.253 e. The number of carbonyl (C=O) groups is 2. The summed E-state index contributed by atoms with van der Waals surface area (Å²) in [5.41, 5.74) is 4.31. The van der Waals surface area contributed by atoms with Crippen LogP contribution in [0.5, 0.6) is 0 Å². The summed E-state index contributed by atoms with van der Waals surface area (Å²) in [7, 11) is 0. The van der Waals surface area contributed by atoms with Crippen molar-refractivity contribution in [1.29, 1.82) is 0 Å². The summed E-state index contributed by atoms with van der Waals surface area (Å²) >= 11 is 1.36. The van der Waals surface area contributed by atoms with Gasteiger partial charge in [0.25, 0.3) is 5.91 Å². The highest BCUT2D eigenvalue weighted by molar-refractivity contribution is 7.99. The van der Waals surface area contributed by atoms with E-state index in [4.69, 9.17) is 0 Å². The molecule has 1 aromatic heterocycles. The Morgan fingerprint density at radius 1 is 1.13 bits per heavy atom. The van der Waals surface area contributed by atoms with Gasteiger partial charge < -0.3 is 10.6 Å². The summed E-state index contributed by atoms with van der Waals surface area (Å²) in [6.45, 7) is 8.75. The molecule has 2 aromatic carbocycles. The largest absolute Gasteiger partial charge is 0.352 e. The van der Waals surface area contributed by atoms with Gasteiger partial charge in [0.15, 0.2) is 5.16 Å². The maximum absolute atomic E-state index is 12.6. The molecule has 0 aliphatic carbocycles. The summed E-state index contributed by atoms with van der Waals surface area (Å²) in [6.07, 6.45) is 3.63. The SMILES string of the molecule is Cc1ccc(C)c(-n2ccnc2SCC(=O)Nc2ccccc2C(=O)NCC(C)C)c1. The number of hydrogen-bond acceptors (Lipinski definition) is 4. The third-order valence-corrected chi connectivity index (χ3v) is 5.65. The van der Waals surface area contributed by atoms with Crippen LogP contribution in [0.25, 0.3) is 5.69 Å². The van der Waals surface area contributed by atoms with Crippen LogP contribution in [-0.2, 0) is 4.79 Å². The van der Waals surface area contributed by atoms with E-state index in [1.807, 2.05) is 24.6 Å². The molecule has 1 heterocycles. The van der Waals surface area contributed by atoms with Gasteiger partial charge in [-0.2, -0.15) is 0 Å². The second-order valence-corrected chi connectivity index (χ2v) is 8.80. The topological polar surface area (TPSA) is 76.0 Å². The number of carbonyl (C=O) groups excluding carboxylic acids is 2. The van der Waals surface area contributed by atoms with E-state index in [0.717, 1.165) is 22.0 Å². The van der Waals surface area contributed by atoms with Gasteiger partial charge in [0.2, 0.25) is 5.91 Å². The third kappa shape index (κ3) is 5.98. The number of nitrogens with zero attached hydrogens (tertiary/aromatic N) is 2. The van der Waals surface area contributed by atoms with Crippen molar-refractivity contribution in [2.24, 2.45) is 5.92 Å². The Kier molecular flexibility index (Phi) is 7.52. The fourth-order valence-corrected chi connectivity index (χ4v) is 3.82. The Hall–Kier alpha value is -3.06. The van der Waals surface area contributed by atoms with Crippen molar-refractivity contribution in [3.8, 4) is 5.69 Å². The zero-order valence-corrected chi connectivity index (χ0v) is 19.1. The molecule has 0 fully saturated rings. The van der Waals surface area contributed by atoms with Gasteiger partial charge in [-0.15, -0.1) is 0 Å². The highest BCUT2D eigenvalue weighted by Crippen LogP contribution is 2.24. The molecule has 0 spiro atoms. The number of amides is 2. The fraction of sp³-hybridized carbons (Fsp3) is 0.292. The van der Waals surface area contributed by atoms with Gasteiger partial charge in [0, 0.05) is 18.9 Å². The molecule has 0 aliphatic rings. The molecule has 0 unspecified atom stereocenters. The minimum atomic E-state index is -0.192. The summed E-state index contributed by atoms with van der Waals surface area (Å²) in [5, 5.41) is 6.50. The Morgan fingerprint density at radius 3 is 2.68 bits per heavy atom. The lowest BCUT2D eigenvalue weighted by atomic mass is 10.1. The van der Waals surface area contributed by atoms with Gasteiger partial charge in [-0.1, -0.05) is 49.9 Å². The Balaban J connectivity index is 1.67. The van der Waals surface area contributed by atoms with Crippen LogP contribution in [0.4, 0.5) is 5.69 Å². The lowest BCUT2D eigenvalue weighted by Gasteiger charge is -2.13. The summed E-state index contributed by atoms with van der Waals surface area (Å²) in [4.78, 5) is 29.5. The molecule has 3 rings (SSSR count). The lowest BCUT2D eigenvalue weighted by molar-refractivity contribution is -0.113. The highest BCUT2D eigenvalue weighted by Gasteiger charge is 2.15. The monoisotopic (exact) mass is 436 g/mol. The van der Waals surface area contributed by atoms with Gasteiger partial charge in [-0.3, -0.25) is 14.2 Å². The molecule has 7 heteroatoms. The van der Waals surface area contributed by atoms with E-state index in [-0.39, 0.29) is 17.6 Å². The van der Waals surface area contributed by atoms with Crippen molar-refractivity contribution < 1.29 is 9.59 Å². The van der Waals surface area contributed by atoms with Crippen molar-refractivity contribution in [3.05, 3.63) is 71.5 Å². The first-order valence-electron chi connectivity index (χ1n) is 10.3. The van der Waals surface area contributed by atoms with Crippen molar-refractivity contribution in [1.82, 2.24) is 14.9 Å². The molecular formula is C24H28N4O2S. The molecule has 0 atom stereocenters. The van der Waals surface area contributed by atoms with Crippen LogP contribution < -0.4 is 10.6 Å². The van der Waals surface area contributed by atoms with Crippen LogP contribution in [0.3, 0.4) is 0 Å². The van der Waals surface area contributed by atoms with E-state index in [1.165, 1.54) is 11.8 Å². The molecule has 2 N–H and O–H groups in total. The van der Waals surface area contributed by atoms with Crippen LogP contribution in [0, 0.1) is 19.8 Å². The second kappa shape index (κ2) is 10.3. The maximum atomic E-state index is 12.6. The number of aromatic nitrogens is 2. The minimum Gasteiger partial charge on any atom is -0.352 e. The number of benzene rings is 2. The molecule has 3 aromatic rings. The molecule has 6 nitrogen and oxygen atoms in total. The number of hydrogen-bond donors (Lipinski definition) is 2. The Bertz CT molecular complexity index is 1070. The van der Waals surface area contributed by atoms with Crippen LogP contribution in [0.2, 0.25) is 0 Å². The van der Waals surface area contributed by atoms with Gasteiger partial charge in [0.05, 0.1) is 22.7 Å². The van der Waals surface area contributed by atoms with Gasteiger partial charge in [-0.25, -0.2) is 4.98 Å². The standard InChI is InChI=1S/C24H28N4O2S/c1-16(2)14-26-23(30)19-7-5-6-8-20(19)27-22(29)15-31-24-25-11-12-28(24)21-13-17(3)9-10-18(21)4/h5-13,16H,14-15H2,1-4H3,(H,26,30)(H,27,29). The zero-order valence-electron chi connectivity index (χ0n) is 18.3. The molecule has 0 saturated carbocycles. The van der Waals surface area contributed by atoms with E-state index in [1.54, 1.807) is 30.5 Å². The predicted molar refractivity (Wildman–Crippen MR) is 126 cm³/mol. The number of thioether (sulfide) groups is 1. The average molecular weight is 437 g/mol. The maximum Gasteiger partial charge on any atom is 0.253 e. The van der Waals surface area contributed by atoms with Crippen LogP contribution in [-0.4, -0.2) is 33.7 Å². The van der Waals surface area contributed by atoms with E-state index >= 15 is 0 Å². The normalized spacial score (nSPS) is 10.9. The first-order chi connectivity index (χ1) is 14.8. The van der Waals surface area contributed by atoms with E-state index in [2.05, 4.69) is 47.7 Å². The summed E-state index contributed by atoms with van der Waals surface area (Å²) in [6, 6.07) is 13.3. The van der Waals surface area contributed by atoms with Gasteiger partial charge in [0.1, 0.15) is 0 Å². The first kappa shape index (κ1) is 22.6. The van der Waals surface area contributed by atoms with Crippen molar-refractivity contribution in [3.63, 3.8) is 0 Å². The molecule has 0 bridgehead atoms. The van der Waals surface area contributed by atoms with E-state index in [0.29, 0.717) is 23.7 Å². The lowest BCUT2D eigenvalue weighted by Crippen LogP contribution is -2.28. The summed E-state index contributed by atoms with van der Waals surface area (Å²) in [5.74, 6) is 0.152. The second-order valence-electron chi connectivity index (χ2n) is 7.86. The van der Waals surface area contributed by atoms with Gasteiger partial charge >= 0.3 is 0 Å². The molecule has 0 aliphatic heterocycles. The number of rotatable bonds is 8. The number of para-hydroxylation sites is 1. The molecule has 0 radical (unpaired) electrons. The molecule has 162 valence electrons. The molecule has 31 heavy (non-hydrogen) atoms. The van der Waals surface area contributed by atoms with Crippen LogP contribution in [0.15, 0.2) is 60.0 Å². The molecule has 2 amide bonds. The summed E-state index contributed by atoms with van der Waals surface area (Å²) < 4.78 is 1.99. The van der Waals surface area contributed by atoms with Crippen LogP contribution in [0.1, 0.15) is 35.3 Å². The van der Waals surface area contributed by atoms with E-state index in [9.17, 15) is 9.59 Å². The quantitative estimate of drug-likeness (QED) is 0.506. The van der Waals surface area contributed by atoms with Crippen molar-refractivity contribution in [2.75, 3.05) is 17.6 Å². The number of aryl methyl sites for hydroxylation is 2. The first-order valence-corrected chi connectivity index (χ1v) is 11.2.